The Kier molecular flexibility index (Phi) is 6.74. The van der Waals surface area contributed by atoms with Gasteiger partial charge in [-0.25, -0.2) is 9.59 Å². The third-order valence-corrected chi connectivity index (χ3v) is 10.4. The van der Waals surface area contributed by atoms with Crippen LogP contribution in [0.4, 0.5) is 4.79 Å². The first-order chi connectivity index (χ1) is 16.2. The third kappa shape index (κ3) is 5.86. The summed E-state index contributed by atoms with van der Waals surface area (Å²) in [6, 6.07) is 6.00. The van der Waals surface area contributed by atoms with Crippen molar-refractivity contribution in [3.05, 3.63) is 40.4 Å². The molecule has 189 valence electrons. The summed E-state index contributed by atoms with van der Waals surface area (Å²) in [7, 11) is -1.17. The van der Waals surface area contributed by atoms with Gasteiger partial charge in [0.15, 0.2) is 5.82 Å². The lowest BCUT2D eigenvalue weighted by Gasteiger charge is -2.43. The van der Waals surface area contributed by atoms with E-state index >= 15 is 0 Å². The number of ether oxygens (including phenoxy) is 1. The van der Waals surface area contributed by atoms with Gasteiger partial charge in [0.1, 0.15) is 11.4 Å². The lowest BCUT2D eigenvalue weighted by atomic mass is 9.93. The van der Waals surface area contributed by atoms with E-state index in [2.05, 4.69) is 49.6 Å². The highest BCUT2D eigenvalue weighted by Gasteiger charge is 2.41. The Bertz CT molecular complexity index is 1180. The van der Waals surface area contributed by atoms with Crippen molar-refractivity contribution in [3.63, 3.8) is 0 Å². The molecule has 1 spiro atoms. The molecule has 35 heavy (non-hydrogen) atoms. The predicted octanol–water partition coefficient (Wildman–Crippen LogP) is 5.68. The topological polar surface area (TPSA) is 97.7 Å². The quantitative estimate of drug-likeness (QED) is 0.524. The molecule has 10 heteroatoms. The van der Waals surface area contributed by atoms with Crippen molar-refractivity contribution >= 4 is 32.7 Å². The second kappa shape index (κ2) is 9.20. The number of hydrogen-bond acceptors (Lipinski definition) is 7. The summed E-state index contributed by atoms with van der Waals surface area (Å²) >= 11 is 1.81. The molecule has 1 fully saturated rings. The maximum Gasteiger partial charge on any atom is 0.439 e. The van der Waals surface area contributed by atoms with E-state index in [-0.39, 0.29) is 15.9 Å². The van der Waals surface area contributed by atoms with Crippen LogP contribution in [0.15, 0.2) is 38.5 Å². The highest BCUT2D eigenvalue weighted by molar-refractivity contribution is 8.01. The van der Waals surface area contributed by atoms with Crippen LogP contribution in [-0.2, 0) is 9.16 Å². The molecule has 0 unspecified atom stereocenters. The first-order valence-electron chi connectivity index (χ1n) is 11.9. The zero-order valence-corrected chi connectivity index (χ0v) is 23.3. The Morgan fingerprint density at radius 3 is 2.46 bits per heavy atom. The summed E-state index contributed by atoms with van der Waals surface area (Å²) in [6.45, 7) is 15.7. The number of amides is 1. The monoisotopic (exact) mass is 516 g/mol. The number of thioether (sulfide) groups is 1. The molecule has 2 aliphatic heterocycles. The summed E-state index contributed by atoms with van der Waals surface area (Å²) in [5, 5.41) is 3.89. The Balaban J connectivity index is 1.64. The molecular formula is C25H34N3O5SSi. The number of carbonyl (C=O) groups is 1. The number of H-pyrrole nitrogens is 1. The normalized spacial score (nSPS) is 17.8. The van der Waals surface area contributed by atoms with Crippen molar-refractivity contribution in [1.29, 1.82) is 0 Å². The van der Waals surface area contributed by atoms with E-state index in [1.165, 1.54) is 0 Å². The molecule has 1 aromatic carbocycles. The van der Waals surface area contributed by atoms with Crippen molar-refractivity contribution in [1.82, 2.24) is 15.0 Å². The number of piperidine rings is 1. The van der Waals surface area contributed by atoms with Crippen molar-refractivity contribution in [3.8, 4) is 11.4 Å². The number of aromatic nitrogens is 2. The van der Waals surface area contributed by atoms with Crippen LogP contribution in [0.5, 0.6) is 0 Å². The number of likely N-dealkylation sites (tertiary alicyclic amines) is 1. The summed E-state index contributed by atoms with van der Waals surface area (Å²) < 4.78 is 16.8. The lowest BCUT2D eigenvalue weighted by molar-refractivity contribution is 0.0207. The summed E-state index contributed by atoms with van der Waals surface area (Å²) in [6.07, 6.45) is 3.61. The SMILES string of the molecule is C[Si](OC1=CC2(CCN(C(=O)OC(C)(C)C)CC2)Sc2ccc(-c3noc(=O)[nH]3)cc21)C(C)(C)C. The second-order valence-corrected chi connectivity index (χ2v) is 15.5. The standard InChI is InChI=1S/C25H34N3O5SSi/c1-23(2,3)31-22(30)28-12-10-25(11-13-28)15-18(33-35(7)24(4,5)6)17-14-16(8-9-19(17)34-25)20-26-21(29)32-27-20/h8-9,14-15H,10-13H2,1-7H3,(H,26,27,29). The Morgan fingerprint density at radius 1 is 1.20 bits per heavy atom. The fraction of sp³-hybridized carbons (Fsp3) is 0.560. The molecule has 3 heterocycles. The van der Waals surface area contributed by atoms with Crippen LogP contribution in [0.3, 0.4) is 0 Å². The van der Waals surface area contributed by atoms with Crippen LogP contribution in [0, 0.1) is 0 Å². The van der Waals surface area contributed by atoms with E-state index in [1.54, 1.807) is 4.90 Å². The van der Waals surface area contributed by atoms with E-state index < -0.39 is 20.4 Å². The largest absolute Gasteiger partial charge is 0.542 e. The molecule has 0 atom stereocenters. The van der Waals surface area contributed by atoms with Crippen LogP contribution >= 0.6 is 11.8 Å². The van der Waals surface area contributed by atoms with Crippen molar-refractivity contribution in [2.24, 2.45) is 0 Å². The van der Waals surface area contributed by atoms with Gasteiger partial charge in [-0.3, -0.25) is 9.51 Å². The molecule has 0 saturated carbocycles. The van der Waals surface area contributed by atoms with Crippen LogP contribution in [-0.4, -0.2) is 53.6 Å². The van der Waals surface area contributed by atoms with Gasteiger partial charge in [0.05, 0.1) is 0 Å². The molecule has 1 aromatic heterocycles. The van der Waals surface area contributed by atoms with Gasteiger partial charge in [-0.15, -0.1) is 11.8 Å². The van der Waals surface area contributed by atoms with Crippen molar-refractivity contribution in [2.75, 3.05) is 13.1 Å². The minimum absolute atomic E-state index is 0.0540. The number of nitrogens with zero attached hydrogens (tertiary/aromatic N) is 2. The molecule has 4 rings (SSSR count). The number of nitrogens with one attached hydrogen (secondary N) is 1. The average molecular weight is 517 g/mol. The molecule has 0 bridgehead atoms. The minimum atomic E-state index is -1.17. The first-order valence-corrected chi connectivity index (χ1v) is 14.6. The zero-order chi connectivity index (χ0) is 25.6. The zero-order valence-electron chi connectivity index (χ0n) is 21.5. The average Bonchev–Trinajstić information content (AvgIpc) is 3.18. The van der Waals surface area contributed by atoms with E-state index in [4.69, 9.17) is 13.7 Å². The van der Waals surface area contributed by atoms with Gasteiger partial charge in [0.25, 0.3) is 9.04 Å². The van der Waals surface area contributed by atoms with Crippen molar-refractivity contribution in [2.45, 2.75) is 81.2 Å². The van der Waals surface area contributed by atoms with Crippen LogP contribution < -0.4 is 5.76 Å². The molecule has 2 aliphatic rings. The molecule has 1 saturated heterocycles. The van der Waals surface area contributed by atoms with Gasteiger partial charge in [-0.1, -0.05) is 25.9 Å². The Labute approximate surface area is 212 Å². The smallest absolute Gasteiger partial charge is 0.439 e. The number of fused-ring (bicyclic) bond motifs is 1. The van der Waals surface area contributed by atoms with E-state index in [9.17, 15) is 9.59 Å². The summed E-state index contributed by atoms with van der Waals surface area (Å²) in [5.41, 5.74) is 1.25. The summed E-state index contributed by atoms with van der Waals surface area (Å²) in [5.74, 6) is 0.677. The molecule has 1 radical (unpaired) electrons. The van der Waals surface area contributed by atoms with Crippen LogP contribution in [0.1, 0.15) is 59.9 Å². The second-order valence-electron chi connectivity index (χ2n) is 11.2. The molecule has 1 N–H and O–H groups in total. The number of rotatable bonds is 3. The third-order valence-electron chi connectivity index (χ3n) is 6.25. The first kappa shape index (κ1) is 25.6. The maximum absolute atomic E-state index is 12.6. The van der Waals surface area contributed by atoms with Gasteiger partial charge in [-0.2, -0.15) is 0 Å². The molecule has 1 amide bonds. The van der Waals surface area contributed by atoms with E-state index in [0.29, 0.717) is 18.9 Å². The van der Waals surface area contributed by atoms with Gasteiger partial charge < -0.3 is 14.1 Å². The van der Waals surface area contributed by atoms with Gasteiger partial charge in [0.2, 0.25) is 0 Å². The minimum Gasteiger partial charge on any atom is -0.542 e. The highest BCUT2D eigenvalue weighted by atomic mass is 32.2. The fourth-order valence-corrected chi connectivity index (χ4v) is 6.12. The van der Waals surface area contributed by atoms with E-state index in [0.717, 1.165) is 34.6 Å². The maximum atomic E-state index is 12.6. The molecular weight excluding hydrogens is 482 g/mol. The number of benzene rings is 1. The Morgan fingerprint density at radius 2 is 1.89 bits per heavy atom. The molecule has 0 aliphatic carbocycles. The fourth-order valence-electron chi connectivity index (χ4n) is 3.92. The number of aromatic amines is 1. The number of hydrogen-bond donors (Lipinski definition) is 1. The summed E-state index contributed by atoms with van der Waals surface area (Å²) in [4.78, 5) is 29.6. The lowest BCUT2D eigenvalue weighted by Crippen LogP contribution is -2.46. The van der Waals surface area contributed by atoms with Gasteiger partial charge in [0, 0.05) is 33.9 Å². The van der Waals surface area contributed by atoms with E-state index in [1.807, 2.05) is 44.7 Å². The van der Waals surface area contributed by atoms with Crippen LogP contribution in [0.25, 0.3) is 17.1 Å². The van der Waals surface area contributed by atoms with Gasteiger partial charge >= 0.3 is 11.8 Å². The predicted molar refractivity (Wildman–Crippen MR) is 139 cm³/mol. The molecule has 8 nitrogen and oxygen atoms in total. The number of carbonyl (C=O) groups excluding carboxylic acids is 1. The Hall–Kier alpha value is -2.46. The van der Waals surface area contributed by atoms with Crippen LogP contribution in [0.2, 0.25) is 11.6 Å². The van der Waals surface area contributed by atoms with Crippen molar-refractivity contribution < 1.29 is 18.5 Å². The molecule has 2 aromatic rings. The van der Waals surface area contributed by atoms with Gasteiger partial charge in [-0.05, 0) is 69.5 Å². The highest BCUT2D eigenvalue weighted by Crippen LogP contribution is 2.51.